The molecule has 0 heterocycles. The molecule has 0 saturated heterocycles. The van der Waals surface area contributed by atoms with Gasteiger partial charge in [0.2, 0.25) is 0 Å². The van der Waals surface area contributed by atoms with Crippen molar-refractivity contribution in [1.29, 1.82) is 0 Å². The van der Waals surface area contributed by atoms with E-state index < -0.39 is 6.36 Å². The topological polar surface area (TPSA) is 30.5 Å². The van der Waals surface area contributed by atoms with Gasteiger partial charge in [-0.25, -0.2) is 0 Å². The molecule has 1 saturated carbocycles. The molecule has 0 amide bonds. The number of nitrogens with one attached hydrogen (secondary N) is 1. The molecule has 23 heavy (non-hydrogen) atoms. The van der Waals surface area contributed by atoms with Crippen LogP contribution in [0.15, 0.2) is 48.5 Å². The lowest BCUT2D eigenvalue weighted by Gasteiger charge is -2.15. The number of para-hydroxylation sites is 1. The van der Waals surface area contributed by atoms with Gasteiger partial charge in [0.1, 0.15) is 11.5 Å². The number of ether oxygens (including phenoxy) is 2. The van der Waals surface area contributed by atoms with E-state index in [1.54, 1.807) is 0 Å². The van der Waals surface area contributed by atoms with Crippen molar-refractivity contribution >= 4 is 5.69 Å². The Labute approximate surface area is 132 Å². The summed E-state index contributed by atoms with van der Waals surface area (Å²) in [6.07, 6.45) is -2.58. The van der Waals surface area contributed by atoms with Crippen molar-refractivity contribution in [3.8, 4) is 11.5 Å². The summed E-state index contributed by atoms with van der Waals surface area (Å²) in [6.45, 7) is 0.348. The summed E-state index contributed by atoms with van der Waals surface area (Å²) in [5, 5.41) is 3.17. The molecule has 0 spiro atoms. The van der Waals surface area contributed by atoms with Gasteiger partial charge in [-0.05, 0) is 43.2 Å². The SMILES string of the molecule is FC(F)(F)Oc1ccc(OC2CC2)c(CNc2ccccc2)c1. The van der Waals surface area contributed by atoms with Crippen molar-refractivity contribution in [3.05, 3.63) is 54.1 Å². The first-order chi connectivity index (χ1) is 11.0. The van der Waals surface area contributed by atoms with E-state index in [2.05, 4.69) is 10.1 Å². The van der Waals surface area contributed by atoms with Gasteiger partial charge in [0.05, 0.1) is 6.10 Å². The molecule has 6 heteroatoms. The summed E-state index contributed by atoms with van der Waals surface area (Å²) in [7, 11) is 0. The average Bonchev–Trinajstić information content (AvgIpc) is 3.31. The fourth-order valence-corrected chi connectivity index (χ4v) is 2.12. The predicted octanol–water partition coefficient (Wildman–Crippen LogP) is 4.74. The second kappa shape index (κ2) is 6.40. The Morgan fingerprint density at radius 2 is 1.78 bits per heavy atom. The highest BCUT2D eigenvalue weighted by atomic mass is 19.4. The number of hydrogen-bond acceptors (Lipinski definition) is 3. The molecule has 0 unspecified atom stereocenters. The number of anilines is 1. The first-order valence-electron chi connectivity index (χ1n) is 7.34. The third-order valence-corrected chi connectivity index (χ3v) is 3.34. The fourth-order valence-electron chi connectivity index (χ4n) is 2.12. The highest BCUT2D eigenvalue weighted by Crippen LogP contribution is 2.33. The first-order valence-corrected chi connectivity index (χ1v) is 7.34. The maximum absolute atomic E-state index is 12.4. The number of benzene rings is 2. The predicted molar refractivity (Wildman–Crippen MR) is 80.5 cm³/mol. The molecule has 0 aromatic heterocycles. The zero-order chi connectivity index (χ0) is 16.3. The Bertz CT molecular complexity index is 655. The molecule has 2 aromatic carbocycles. The van der Waals surface area contributed by atoms with E-state index in [1.165, 1.54) is 18.2 Å². The molecule has 3 nitrogen and oxygen atoms in total. The minimum absolute atomic E-state index is 0.167. The molecule has 0 aliphatic heterocycles. The number of alkyl halides is 3. The van der Waals surface area contributed by atoms with E-state index in [4.69, 9.17) is 4.74 Å². The van der Waals surface area contributed by atoms with Crippen molar-refractivity contribution in [2.45, 2.75) is 31.9 Å². The second-order valence-corrected chi connectivity index (χ2v) is 5.35. The summed E-state index contributed by atoms with van der Waals surface area (Å²) < 4.78 is 46.9. The minimum Gasteiger partial charge on any atom is -0.490 e. The molecule has 0 bridgehead atoms. The van der Waals surface area contributed by atoms with Gasteiger partial charge in [-0.1, -0.05) is 18.2 Å². The second-order valence-electron chi connectivity index (χ2n) is 5.35. The van der Waals surface area contributed by atoms with Gasteiger partial charge in [0.15, 0.2) is 0 Å². The lowest BCUT2D eigenvalue weighted by molar-refractivity contribution is -0.274. The lowest BCUT2D eigenvalue weighted by atomic mass is 10.1. The van der Waals surface area contributed by atoms with Crippen LogP contribution in [0.5, 0.6) is 11.5 Å². The van der Waals surface area contributed by atoms with Crippen LogP contribution in [-0.2, 0) is 6.54 Å². The van der Waals surface area contributed by atoms with Gasteiger partial charge in [0, 0.05) is 17.8 Å². The Hall–Kier alpha value is -2.37. The van der Waals surface area contributed by atoms with Crippen LogP contribution < -0.4 is 14.8 Å². The minimum atomic E-state index is -4.71. The highest BCUT2D eigenvalue weighted by Gasteiger charge is 2.31. The van der Waals surface area contributed by atoms with Gasteiger partial charge in [-0.2, -0.15) is 0 Å². The average molecular weight is 323 g/mol. The maximum atomic E-state index is 12.4. The third-order valence-electron chi connectivity index (χ3n) is 3.34. The molecule has 1 aliphatic rings. The third kappa shape index (κ3) is 4.81. The quantitative estimate of drug-likeness (QED) is 0.833. The van der Waals surface area contributed by atoms with Gasteiger partial charge >= 0.3 is 6.36 Å². The molecule has 1 aliphatic carbocycles. The highest BCUT2D eigenvalue weighted by molar-refractivity contribution is 5.47. The summed E-state index contributed by atoms with van der Waals surface area (Å²) >= 11 is 0. The molecule has 2 aromatic rings. The van der Waals surface area contributed by atoms with Crippen LogP contribution in [-0.4, -0.2) is 12.5 Å². The summed E-state index contributed by atoms with van der Waals surface area (Å²) in [5.74, 6) is 0.343. The maximum Gasteiger partial charge on any atom is 0.573 e. The largest absolute Gasteiger partial charge is 0.573 e. The van der Waals surface area contributed by atoms with E-state index in [1.807, 2.05) is 30.3 Å². The van der Waals surface area contributed by atoms with Gasteiger partial charge in [0.25, 0.3) is 0 Å². The fraction of sp³-hybridized carbons (Fsp3) is 0.294. The molecular formula is C17H16F3NO2. The van der Waals surface area contributed by atoms with E-state index in [9.17, 15) is 13.2 Å². The van der Waals surface area contributed by atoms with Gasteiger partial charge in [-0.15, -0.1) is 13.2 Å². The van der Waals surface area contributed by atoms with Crippen LogP contribution >= 0.6 is 0 Å². The number of hydrogen-bond donors (Lipinski definition) is 1. The van der Waals surface area contributed by atoms with Crippen LogP contribution in [0, 0.1) is 0 Å². The molecule has 3 rings (SSSR count). The first kappa shape index (κ1) is 15.5. The molecule has 1 N–H and O–H groups in total. The summed E-state index contributed by atoms with van der Waals surface area (Å²) in [4.78, 5) is 0. The Morgan fingerprint density at radius 3 is 2.43 bits per heavy atom. The Morgan fingerprint density at radius 1 is 1.04 bits per heavy atom. The van der Waals surface area contributed by atoms with Crippen molar-refractivity contribution in [1.82, 2.24) is 0 Å². The normalized spacial score (nSPS) is 14.4. The van der Waals surface area contributed by atoms with E-state index in [0.29, 0.717) is 17.9 Å². The molecule has 1 fully saturated rings. The van der Waals surface area contributed by atoms with Crippen LogP contribution in [0.25, 0.3) is 0 Å². The van der Waals surface area contributed by atoms with Crippen LogP contribution in [0.4, 0.5) is 18.9 Å². The monoisotopic (exact) mass is 323 g/mol. The number of halogens is 3. The Kier molecular flexibility index (Phi) is 4.32. The van der Waals surface area contributed by atoms with Gasteiger partial charge < -0.3 is 14.8 Å². The lowest BCUT2D eigenvalue weighted by Crippen LogP contribution is -2.17. The van der Waals surface area contributed by atoms with Crippen molar-refractivity contribution in [2.75, 3.05) is 5.32 Å². The number of rotatable bonds is 6. The zero-order valence-corrected chi connectivity index (χ0v) is 12.3. The zero-order valence-electron chi connectivity index (χ0n) is 12.3. The Balaban J connectivity index is 1.76. The van der Waals surface area contributed by atoms with Crippen molar-refractivity contribution in [2.24, 2.45) is 0 Å². The van der Waals surface area contributed by atoms with Crippen molar-refractivity contribution in [3.63, 3.8) is 0 Å². The summed E-state index contributed by atoms with van der Waals surface area (Å²) in [5.41, 5.74) is 1.51. The van der Waals surface area contributed by atoms with Crippen LogP contribution in [0.3, 0.4) is 0 Å². The molecular weight excluding hydrogens is 307 g/mol. The van der Waals surface area contributed by atoms with E-state index in [-0.39, 0.29) is 11.9 Å². The van der Waals surface area contributed by atoms with Crippen LogP contribution in [0.1, 0.15) is 18.4 Å². The molecule has 0 radical (unpaired) electrons. The molecule has 122 valence electrons. The standard InChI is InChI=1S/C17H16F3NO2/c18-17(19,20)23-15-8-9-16(22-14-6-7-14)12(10-15)11-21-13-4-2-1-3-5-13/h1-5,8-10,14,21H,6-7,11H2. The van der Waals surface area contributed by atoms with E-state index >= 15 is 0 Å². The van der Waals surface area contributed by atoms with Gasteiger partial charge in [-0.3, -0.25) is 0 Å². The van der Waals surface area contributed by atoms with Crippen LogP contribution in [0.2, 0.25) is 0 Å². The molecule has 0 atom stereocenters. The van der Waals surface area contributed by atoms with E-state index in [0.717, 1.165) is 18.5 Å². The smallest absolute Gasteiger partial charge is 0.490 e. The van der Waals surface area contributed by atoms with Crippen molar-refractivity contribution < 1.29 is 22.6 Å². The summed E-state index contributed by atoms with van der Waals surface area (Å²) in [6, 6.07) is 13.6.